The standard InChI is InChI=1S/C22H19N5O3/c1-14-4-2-3-5-16(14)11-27-12-17(10-23-27)24-22(28)19-9-18(25-26-19)15-6-7-20-21(8-15)30-13-29-20/h2-10,12H,11,13H2,1H3,(H,24,28)(H,25,26). The number of aromatic amines is 1. The molecule has 0 unspecified atom stereocenters. The molecule has 1 aliphatic rings. The van der Waals surface area contributed by atoms with Crippen molar-refractivity contribution in [1.29, 1.82) is 0 Å². The highest BCUT2D eigenvalue weighted by atomic mass is 16.7. The normalized spacial score (nSPS) is 12.2. The van der Waals surface area contributed by atoms with Gasteiger partial charge in [0.2, 0.25) is 6.79 Å². The lowest BCUT2D eigenvalue weighted by atomic mass is 10.1. The second-order valence-corrected chi connectivity index (χ2v) is 7.04. The summed E-state index contributed by atoms with van der Waals surface area (Å²) >= 11 is 0. The van der Waals surface area contributed by atoms with Crippen LogP contribution in [0, 0.1) is 6.92 Å². The van der Waals surface area contributed by atoms with Crippen molar-refractivity contribution in [2.45, 2.75) is 13.5 Å². The summed E-state index contributed by atoms with van der Waals surface area (Å²) in [6, 6.07) is 15.4. The fraction of sp³-hybridized carbons (Fsp3) is 0.136. The number of fused-ring (bicyclic) bond motifs is 1. The maximum Gasteiger partial charge on any atom is 0.273 e. The lowest BCUT2D eigenvalue weighted by Crippen LogP contribution is -2.11. The van der Waals surface area contributed by atoms with E-state index in [1.165, 1.54) is 11.1 Å². The van der Waals surface area contributed by atoms with Crippen LogP contribution in [-0.4, -0.2) is 32.7 Å². The van der Waals surface area contributed by atoms with Crippen molar-refractivity contribution in [1.82, 2.24) is 20.0 Å². The molecule has 2 aromatic heterocycles. The summed E-state index contributed by atoms with van der Waals surface area (Å²) in [5, 5.41) is 14.2. The van der Waals surface area contributed by atoms with Crippen LogP contribution in [0.3, 0.4) is 0 Å². The average Bonchev–Trinajstić information content (AvgIpc) is 3.50. The van der Waals surface area contributed by atoms with Gasteiger partial charge in [-0.15, -0.1) is 0 Å². The van der Waals surface area contributed by atoms with Crippen LogP contribution in [0.2, 0.25) is 0 Å². The summed E-state index contributed by atoms with van der Waals surface area (Å²) in [5.74, 6) is 1.09. The molecule has 0 spiro atoms. The van der Waals surface area contributed by atoms with Crippen LogP contribution < -0.4 is 14.8 Å². The Morgan fingerprint density at radius 1 is 1.17 bits per heavy atom. The molecule has 2 N–H and O–H groups in total. The number of aryl methyl sites for hydroxylation is 1. The zero-order valence-electron chi connectivity index (χ0n) is 16.3. The van der Waals surface area contributed by atoms with Gasteiger partial charge in [0.1, 0.15) is 5.69 Å². The Labute approximate surface area is 172 Å². The molecule has 8 nitrogen and oxygen atoms in total. The second-order valence-electron chi connectivity index (χ2n) is 7.04. The molecular formula is C22H19N5O3. The second kappa shape index (κ2) is 7.40. The van der Waals surface area contributed by atoms with E-state index in [0.29, 0.717) is 35.1 Å². The minimum Gasteiger partial charge on any atom is -0.454 e. The molecule has 2 aromatic carbocycles. The number of benzene rings is 2. The van der Waals surface area contributed by atoms with Crippen molar-refractivity contribution < 1.29 is 14.3 Å². The quantitative estimate of drug-likeness (QED) is 0.533. The van der Waals surface area contributed by atoms with Gasteiger partial charge in [0.15, 0.2) is 11.5 Å². The molecule has 0 radical (unpaired) electrons. The molecule has 0 atom stereocenters. The molecule has 3 heterocycles. The summed E-state index contributed by atoms with van der Waals surface area (Å²) in [6.07, 6.45) is 3.44. The zero-order valence-corrected chi connectivity index (χ0v) is 16.3. The molecule has 8 heteroatoms. The van der Waals surface area contributed by atoms with E-state index in [-0.39, 0.29) is 12.7 Å². The largest absolute Gasteiger partial charge is 0.454 e. The highest BCUT2D eigenvalue weighted by Gasteiger charge is 2.17. The van der Waals surface area contributed by atoms with Crippen LogP contribution >= 0.6 is 0 Å². The number of amides is 1. The number of nitrogens with zero attached hydrogens (tertiary/aromatic N) is 3. The van der Waals surface area contributed by atoms with E-state index >= 15 is 0 Å². The van der Waals surface area contributed by atoms with E-state index in [9.17, 15) is 4.79 Å². The van der Waals surface area contributed by atoms with Gasteiger partial charge >= 0.3 is 0 Å². The Morgan fingerprint density at radius 2 is 2.03 bits per heavy atom. The van der Waals surface area contributed by atoms with Crippen molar-refractivity contribution in [2.24, 2.45) is 0 Å². The van der Waals surface area contributed by atoms with Gasteiger partial charge in [-0.2, -0.15) is 10.2 Å². The minimum atomic E-state index is -0.287. The van der Waals surface area contributed by atoms with Crippen molar-refractivity contribution in [3.8, 4) is 22.8 Å². The lowest BCUT2D eigenvalue weighted by molar-refractivity contribution is 0.102. The molecule has 30 heavy (non-hydrogen) atoms. The van der Waals surface area contributed by atoms with E-state index in [2.05, 4.69) is 39.7 Å². The number of carbonyl (C=O) groups excluding carboxylic acids is 1. The average molecular weight is 401 g/mol. The summed E-state index contributed by atoms with van der Waals surface area (Å²) < 4.78 is 12.5. The summed E-state index contributed by atoms with van der Waals surface area (Å²) in [5.41, 5.74) is 4.84. The molecule has 0 saturated heterocycles. The van der Waals surface area contributed by atoms with E-state index in [1.54, 1.807) is 23.1 Å². The number of rotatable bonds is 5. The first-order valence-electron chi connectivity index (χ1n) is 9.49. The SMILES string of the molecule is Cc1ccccc1Cn1cc(NC(=O)c2cc(-c3ccc4c(c3)OCO4)n[nH]2)cn1. The molecule has 0 saturated carbocycles. The third-order valence-electron chi connectivity index (χ3n) is 4.98. The van der Waals surface area contributed by atoms with Crippen LogP contribution in [0.1, 0.15) is 21.6 Å². The van der Waals surface area contributed by atoms with Gasteiger partial charge in [0, 0.05) is 11.8 Å². The molecule has 150 valence electrons. The summed E-state index contributed by atoms with van der Waals surface area (Å²) in [7, 11) is 0. The maximum absolute atomic E-state index is 12.6. The number of nitrogens with one attached hydrogen (secondary N) is 2. The molecule has 1 aliphatic heterocycles. The molecule has 0 aliphatic carbocycles. The monoisotopic (exact) mass is 401 g/mol. The van der Waals surface area contributed by atoms with Crippen molar-refractivity contribution >= 4 is 11.6 Å². The van der Waals surface area contributed by atoms with Crippen molar-refractivity contribution in [3.05, 3.63) is 77.7 Å². The predicted molar refractivity (Wildman–Crippen MR) is 111 cm³/mol. The predicted octanol–water partition coefficient (Wildman–Crippen LogP) is 3.61. The van der Waals surface area contributed by atoms with Gasteiger partial charge in [0.25, 0.3) is 5.91 Å². The molecule has 1 amide bonds. The van der Waals surface area contributed by atoms with Gasteiger partial charge in [0.05, 0.1) is 24.1 Å². The van der Waals surface area contributed by atoms with E-state index in [0.717, 1.165) is 5.56 Å². The molecule has 0 fully saturated rings. The van der Waals surface area contributed by atoms with Crippen LogP contribution in [-0.2, 0) is 6.54 Å². The zero-order chi connectivity index (χ0) is 20.5. The number of H-pyrrole nitrogens is 1. The van der Waals surface area contributed by atoms with Crippen LogP contribution in [0.15, 0.2) is 60.9 Å². The molecular weight excluding hydrogens is 382 g/mol. The lowest BCUT2D eigenvalue weighted by Gasteiger charge is -2.05. The van der Waals surface area contributed by atoms with E-state index in [4.69, 9.17) is 9.47 Å². The van der Waals surface area contributed by atoms with E-state index < -0.39 is 0 Å². The minimum absolute atomic E-state index is 0.213. The first-order chi connectivity index (χ1) is 14.7. The third-order valence-corrected chi connectivity index (χ3v) is 4.98. The topological polar surface area (TPSA) is 94.1 Å². The van der Waals surface area contributed by atoms with Crippen LogP contribution in [0.4, 0.5) is 5.69 Å². The Hall–Kier alpha value is -4.07. The number of hydrogen-bond donors (Lipinski definition) is 2. The van der Waals surface area contributed by atoms with Crippen molar-refractivity contribution in [3.63, 3.8) is 0 Å². The Balaban J connectivity index is 1.27. The number of hydrogen-bond acceptors (Lipinski definition) is 5. The first kappa shape index (κ1) is 18.0. The summed E-state index contributed by atoms with van der Waals surface area (Å²) in [4.78, 5) is 12.6. The van der Waals surface area contributed by atoms with Gasteiger partial charge in [-0.3, -0.25) is 14.6 Å². The first-order valence-corrected chi connectivity index (χ1v) is 9.49. The highest BCUT2D eigenvalue weighted by Crippen LogP contribution is 2.35. The van der Waals surface area contributed by atoms with Crippen LogP contribution in [0.25, 0.3) is 11.3 Å². The fourth-order valence-electron chi connectivity index (χ4n) is 3.32. The summed E-state index contributed by atoms with van der Waals surface area (Å²) in [6.45, 7) is 2.92. The maximum atomic E-state index is 12.6. The molecule has 5 rings (SSSR count). The highest BCUT2D eigenvalue weighted by molar-refractivity contribution is 6.03. The number of anilines is 1. The van der Waals surface area contributed by atoms with Crippen molar-refractivity contribution in [2.75, 3.05) is 12.1 Å². The van der Waals surface area contributed by atoms with Gasteiger partial charge in [-0.05, 0) is 42.3 Å². The Kier molecular flexibility index (Phi) is 4.44. The Bertz CT molecular complexity index is 1230. The fourth-order valence-corrected chi connectivity index (χ4v) is 3.32. The number of carbonyl (C=O) groups is 1. The van der Waals surface area contributed by atoms with Gasteiger partial charge in [-0.25, -0.2) is 0 Å². The smallest absolute Gasteiger partial charge is 0.273 e. The third kappa shape index (κ3) is 3.50. The Morgan fingerprint density at radius 3 is 2.93 bits per heavy atom. The van der Waals surface area contributed by atoms with Gasteiger partial charge in [-0.1, -0.05) is 24.3 Å². The van der Waals surface area contributed by atoms with E-state index in [1.807, 2.05) is 30.3 Å². The van der Waals surface area contributed by atoms with Gasteiger partial charge < -0.3 is 14.8 Å². The van der Waals surface area contributed by atoms with Crippen LogP contribution in [0.5, 0.6) is 11.5 Å². The number of aromatic nitrogens is 4. The molecule has 4 aromatic rings. The molecule has 0 bridgehead atoms. The number of ether oxygens (including phenoxy) is 2.